The fraction of sp³-hybridized carbons (Fsp3) is 0.312. The monoisotopic (exact) mass is 355 g/mol. The summed E-state index contributed by atoms with van der Waals surface area (Å²) in [5.74, 6) is -1.85. The van der Waals surface area contributed by atoms with Gasteiger partial charge in [0.05, 0.1) is 0 Å². The van der Waals surface area contributed by atoms with Gasteiger partial charge in [0.1, 0.15) is 12.6 Å². The van der Waals surface area contributed by atoms with Crippen LogP contribution >= 0.6 is 0 Å². The summed E-state index contributed by atoms with van der Waals surface area (Å²) in [5.41, 5.74) is -0.380. The van der Waals surface area contributed by atoms with Crippen LogP contribution < -0.4 is 0 Å². The largest absolute Gasteiger partial charge is 0.480 e. The Morgan fingerprint density at radius 2 is 1.88 bits per heavy atom. The number of nitrogens with zero attached hydrogens (tertiary/aromatic N) is 3. The van der Waals surface area contributed by atoms with Crippen molar-refractivity contribution in [3.05, 3.63) is 53.9 Å². The van der Waals surface area contributed by atoms with Crippen molar-refractivity contribution in [3.63, 3.8) is 0 Å². The van der Waals surface area contributed by atoms with Crippen LogP contribution in [0.2, 0.25) is 0 Å². The molecule has 0 bridgehead atoms. The van der Waals surface area contributed by atoms with Gasteiger partial charge in [-0.25, -0.2) is 4.79 Å². The zero-order chi connectivity index (χ0) is 18.6. The molecular weight excluding hydrogens is 339 g/mol. The van der Waals surface area contributed by atoms with Gasteiger partial charge in [0.2, 0.25) is 5.91 Å². The molecule has 0 aliphatic heterocycles. The molecule has 0 radical (unpaired) electrons. The van der Waals surface area contributed by atoms with Gasteiger partial charge in [0, 0.05) is 19.7 Å². The lowest BCUT2D eigenvalue weighted by Gasteiger charge is -2.25. The third-order valence-electron chi connectivity index (χ3n) is 3.65. The Morgan fingerprint density at radius 1 is 1.24 bits per heavy atom. The van der Waals surface area contributed by atoms with E-state index in [0.717, 1.165) is 27.4 Å². The highest BCUT2D eigenvalue weighted by Crippen LogP contribution is 2.27. The van der Waals surface area contributed by atoms with Crippen molar-refractivity contribution in [2.24, 2.45) is 0 Å². The molecule has 2 rings (SSSR count). The number of carbonyl (C=O) groups excluding carboxylic acids is 1. The van der Waals surface area contributed by atoms with Crippen LogP contribution in [-0.2, 0) is 28.7 Å². The highest BCUT2D eigenvalue weighted by atomic mass is 19.4. The van der Waals surface area contributed by atoms with E-state index in [0.29, 0.717) is 0 Å². The molecule has 0 saturated carbocycles. The van der Waals surface area contributed by atoms with Gasteiger partial charge in [-0.15, -0.1) is 0 Å². The van der Waals surface area contributed by atoms with Gasteiger partial charge < -0.3 is 10.0 Å². The summed E-state index contributed by atoms with van der Waals surface area (Å²) < 4.78 is 38.4. The number of aromatic nitrogens is 2. The van der Waals surface area contributed by atoms with E-state index in [-0.39, 0.29) is 6.42 Å². The summed E-state index contributed by atoms with van der Waals surface area (Å²) in [5, 5.41) is 12.7. The molecule has 1 unspecified atom stereocenters. The maximum absolute atomic E-state index is 12.5. The van der Waals surface area contributed by atoms with Crippen LogP contribution in [0, 0.1) is 0 Å². The van der Waals surface area contributed by atoms with E-state index in [1.165, 1.54) is 7.05 Å². The van der Waals surface area contributed by atoms with E-state index in [9.17, 15) is 27.9 Å². The molecule has 1 aromatic carbocycles. The van der Waals surface area contributed by atoms with Gasteiger partial charge in [-0.05, 0) is 11.6 Å². The Kier molecular flexibility index (Phi) is 5.45. The molecule has 1 aromatic heterocycles. The number of benzene rings is 1. The minimum absolute atomic E-state index is 0.0886. The van der Waals surface area contributed by atoms with Crippen LogP contribution in [0.25, 0.3) is 0 Å². The van der Waals surface area contributed by atoms with Crippen LogP contribution in [0.4, 0.5) is 13.2 Å². The van der Waals surface area contributed by atoms with Crippen molar-refractivity contribution in [2.45, 2.75) is 25.2 Å². The Bertz CT molecular complexity index is 744. The maximum atomic E-state index is 12.5. The predicted molar refractivity (Wildman–Crippen MR) is 81.6 cm³/mol. The first-order chi connectivity index (χ1) is 11.7. The molecule has 0 aliphatic carbocycles. The van der Waals surface area contributed by atoms with Crippen molar-refractivity contribution in [1.29, 1.82) is 0 Å². The molecular formula is C16H16F3N3O3. The number of carbonyl (C=O) groups is 2. The Hall–Kier alpha value is -2.84. The Labute approximate surface area is 141 Å². The zero-order valence-electron chi connectivity index (χ0n) is 13.3. The lowest BCUT2D eigenvalue weighted by molar-refractivity contribution is -0.149. The first-order valence-corrected chi connectivity index (χ1v) is 7.31. The summed E-state index contributed by atoms with van der Waals surface area (Å²) >= 11 is 0. The van der Waals surface area contributed by atoms with Crippen LogP contribution in [0.1, 0.15) is 11.3 Å². The van der Waals surface area contributed by atoms with Gasteiger partial charge in [0.15, 0.2) is 5.69 Å². The van der Waals surface area contributed by atoms with Crippen LogP contribution in [0.5, 0.6) is 0 Å². The van der Waals surface area contributed by atoms with Crippen LogP contribution in [0.3, 0.4) is 0 Å². The molecule has 1 atom stereocenters. The van der Waals surface area contributed by atoms with Gasteiger partial charge in [-0.2, -0.15) is 18.3 Å². The van der Waals surface area contributed by atoms with E-state index in [4.69, 9.17) is 0 Å². The Morgan fingerprint density at radius 3 is 2.40 bits per heavy atom. The van der Waals surface area contributed by atoms with Gasteiger partial charge in [0.25, 0.3) is 0 Å². The zero-order valence-corrected chi connectivity index (χ0v) is 13.3. The summed E-state index contributed by atoms with van der Waals surface area (Å²) in [4.78, 5) is 24.7. The Balaban J connectivity index is 2.08. The molecule has 0 aliphatic rings. The minimum Gasteiger partial charge on any atom is -0.480 e. The quantitative estimate of drug-likeness (QED) is 0.861. The second-order valence-electron chi connectivity index (χ2n) is 5.44. The highest BCUT2D eigenvalue weighted by molar-refractivity contribution is 5.83. The molecule has 9 heteroatoms. The average Bonchev–Trinajstić information content (AvgIpc) is 3.01. The van der Waals surface area contributed by atoms with Gasteiger partial charge in [-0.1, -0.05) is 30.3 Å². The summed E-state index contributed by atoms with van der Waals surface area (Å²) in [6.45, 7) is -0.481. The molecule has 1 heterocycles. The number of aliphatic carboxylic acids is 1. The third-order valence-corrected chi connectivity index (χ3v) is 3.65. The van der Waals surface area contributed by atoms with Crippen molar-refractivity contribution in [2.75, 3.05) is 7.05 Å². The van der Waals surface area contributed by atoms with Crippen molar-refractivity contribution in [3.8, 4) is 0 Å². The summed E-state index contributed by atoms with van der Waals surface area (Å²) in [6.07, 6.45) is -3.48. The molecule has 0 spiro atoms. The SMILES string of the molecule is CN(C(=O)Cn1ccc(C(F)(F)F)n1)C(Cc1ccccc1)C(=O)O. The van der Waals surface area contributed by atoms with Gasteiger partial charge >= 0.3 is 12.1 Å². The van der Waals surface area contributed by atoms with Gasteiger partial charge in [-0.3, -0.25) is 9.48 Å². The van der Waals surface area contributed by atoms with Crippen molar-refractivity contribution >= 4 is 11.9 Å². The van der Waals surface area contributed by atoms with E-state index < -0.39 is 36.3 Å². The number of hydrogen-bond acceptors (Lipinski definition) is 3. The summed E-state index contributed by atoms with van der Waals surface area (Å²) in [6, 6.07) is 8.37. The average molecular weight is 355 g/mol. The third kappa shape index (κ3) is 4.82. The number of likely N-dealkylation sites (N-methyl/N-ethyl adjacent to an activating group) is 1. The first kappa shape index (κ1) is 18.5. The number of carboxylic acids is 1. The topological polar surface area (TPSA) is 75.4 Å². The number of halogens is 3. The number of hydrogen-bond donors (Lipinski definition) is 1. The summed E-state index contributed by atoms with van der Waals surface area (Å²) in [7, 11) is 1.30. The van der Waals surface area contributed by atoms with Crippen LogP contribution in [0.15, 0.2) is 42.6 Å². The van der Waals surface area contributed by atoms with E-state index in [2.05, 4.69) is 5.10 Å². The van der Waals surface area contributed by atoms with E-state index >= 15 is 0 Å². The number of rotatable bonds is 6. The highest BCUT2D eigenvalue weighted by Gasteiger charge is 2.34. The normalized spacial score (nSPS) is 12.6. The minimum atomic E-state index is -4.60. The first-order valence-electron chi connectivity index (χ1n) is 7.31. The molecule has 134 valence electrons. The van der Waals surface area contributed by atoms with Crippen molar-refractivity contribution < 1.29 is 27.9 Å². The molecule has 0 fully saturated rings. The second-order valence-corrected chi connectivity index (χ2v) is 5.44. The number of alkyl halides is 3. The lowest BCUT2D eigenvalue weighted by Crippen LogP contribution is -2.45. The molecule has 2 aromatic rings. The molecule has 1 N–H and O–H groups in total. The molecule has 1 amide bonds. The lowest BCUT2D eigenvalue weighted by atomic mass is 10.1. The molecule has 0 saturated heterocycles. The predicted octanol–water partition coefficient (Wildman–Crippen LogP) is 2.06. The maximum Gasteiger partial charge on any atom is 0.435 e. The molecule has 6 nitrogen and oxygen atoms in total. The number of amides is 1. The fourth-order valence-electron chi connectivity index (χ4n) is 2.25. The number of carboxylic acid groups (broad SMARTS) is 1. The van der Waals surface area contributed by atoms with Crippen LogP contribution in [-0.4, -0.2) is 44.8 Å². The fourth-order valence-corrected chi connectivity index (χ4v) is 2.25. The van der Waals surface area contributed by atoms with E-state index in [1.54, 1.807) is 30.3 Å². The van der Waals surface area contributed by atoms with Crippen molar-refractivity contribution in [1.82, 2.24) is 14.7 Å². The second kappa shape index (κ2) is 7.37. The molecule has 25 heavy (non-hydrogen) atoms. The standard InChI is InChI=1S/C16H16F3N3O3/c1-21(12(15(24)25)9-11-5-3-2-4-6-11)14(23)10-22-8-7-13(20-22)16(17,18)19/h2-8,12H,9-10H2,1H3,(H,24,25). The smallest absolute Gasteiger partial charge is 0.435 e. The van der Waals surface area contributed by atoms with E-state index in [1.807, 2.05) is 0 Å².